The molecule has 116 valence electrons. The molecule has 0 radical (unpaired) electrons. The molecule has 0 unspecified atom stereocenters. The molecular formula is C18H22N2O2. The number of nitrogens with one attached hydrogen (secondary N) is 1. The Morgan fingerprint density at radius 1 is 1.14 bits per heavy atom. The minimum atomic E-state index is -0.115. The second-order valence-electron chi connectivity index (χ2n) is 5.95. The third kappa shape index (κ3) is 3.38. The van der Waals surface area contributed by atoms with Crippen molar-refractivity contribution >= 4 is 5.91 Å². The first-order valence-electron chi connectivity index (χ1n) is 8.08. The third-order valence-electron chi connectivity index (χ3n) is 4.22. The van der Waals surface area contributed by atoms with Gasteiger partial charge in [0.2, 0.25) is 5.89 Å². The number of aryl methyl sites for hydroxylation is 1. The molecule has 1 saturated carbocycles. The van der Waals surface area contributed by atoms with Crippen molar-refractivity contribution in [2.24, 2.45) is 0 Å². The molecule has 4 nitrogen and oxygen atoms in total. The summed E-state index contributed by atoms with van der Waals surface area (Å²) in [5.74, 6) is 0.962. The van der Waals surface area contributed by atoms with Crippen molar-refractivity contribution in [3.8, 4) is 11.5 Å². The predicted molar refractivity (Wildman–Crippen MR) is 85.6 cm³/mol. The van der Waals surface area contributed by atoms with E-state index in [0.717, 1.165) is 18.4 Å². The summed E-state index contributed by atoms with van der Waals surface area (Å²) >= 11 is 0. The van der Waals surface area contributed by atoms with Crippen molar-refractivity contribution in [1.29, 1.82) is 0 Å². The Kier molecular flexibility index (Phi) is 4.56. The summed E-state index contributed by atoms with van der Waals surface area (Å²) in [4.78, 5) is 16.8. The monoisotopic (exact) mass is 298 g/mol. The van der Waals surface area contributed by atoms with Crippen LogP contribution in [0.3, 0.4) is 0 Å². The van der Waals surface area contributed by atoms with Crippen molar-refractivity contribution in [2.75, 3.05) is 0 Å². The van der Waals surface area contributed by atoms with Gasteiger partial charge in [-0.2, -0.15) is 0 Å². The molecule has 0 bridgehead atoms. The Labute approximate surface area is 130 Å². The lowest BCUT2D eigenvalue weighted by Crippen LogP contribution is -2.34. The van der Waals surface area contributed by atoms with Crippen LogP contribution in [0.2, 0.25) is 0 Å². The highest BCUT2D eigenvalue weighted by Crippen LogP contribution is 2.22. The van der Waals surface area contributed by atoms with Crippen LogP contribution in [0.15, 0.2) is 34.7 Å². The highest BCUT2D eigenvalue weighted by Gasteiger charge is 2.21. The van der Waals surface area contributed by atoms with Gasteiger partial charge in [0, 0.05) is 11.6 Å². The molecule has 0 spiro atoms. The van der Waals surface area contributed by atoms with Crippen molar-refractivity contribution in [2.45, 2.75) is 51.5 Å². The largest absolute Gasteiger partial charge is 0.441 e. The first-order chi connectivity index (χ1) is 10.7. The first-order valence-corrected chi connectivity index (χ1v) is 8.08. The standard InChI is InChI=1S/C18H22N2O2/c1-13-16(17(21)19-15-11-7-2-3-8-12-15)20-18(22-13)14-9-5-4-6-10-14/h4-6,9-10,15H,2-3,7-8,11-12H2,1H3,(H,19,21). The molecule has 1 aromatic heterocycles. The number of aromatic nitrogens is 1. The molecule has 1 heterocycles. The molecule has 22 heavy (non-hydrogen) atoms. The van der Waals surface area contributed by atoms with Crippen molar-refractivity contribution < 1.29 is 9.21 Å². The van der Waals surface area contributed by atoms with E-state index in [4.69, 9.17) is 4.42 Å². The summed E-state index contributed by atoms with van der Waals surface area (Å²) in [6.07, 6.45) is 7.05. The van der Waals surface area contributed by atoms with E-state index < -0.39 is 0 Å². The van der Waals surface area contributed by atoms with Gasteiger partial charge in [-0.15, -0.1) is 0 Å². The third-order valence-corrected chi connectivity index (χ3v) is 4.22. The van der Waals surface area contributed by atoms with Crippen LogP contribution in [-0.4, -0.2) is 16.9 Å². The summed E-state index contributed by atoms with van der Waals surface area (Å²) in [5, 5.41) is 3.12. The normalized spacial score (nSPS) is 16.2. The molecule has 0 aliphatic heterocycles. The van der Waals surface area contributed by atoms with Crippen molar-refractivity contribution in [3.05, 3.63) is 41.8 Å². The fraction of sp³-hybridized carbons (Fsp3) is 0.444. The Hall–Kier alpha value is -2.10. The van der Waals surface area contributed by atoms with Crippen LogP contribution < -0.4 is 5.32 Å². The van der Waals surface area contributed by atoms with Gasteiger partial charge in [0.25, 0.3) is 5.91 Å². The van der Waals surface area contributed by atoms with E-state index in [0.29, 0.717) is 17.3 Å². The predicted octanol–water partition coefficient (Wildman–Crippen LogP) is 4.10. The molecule has 3 rings (SSSR count). The quantitative estimate of drug-likeness (QED) is 0.868. The molecule has 0 saturated heterocycles. The van der Waals surface area contributed by atoms with Crippen LogP contribution in [0.5, 0.6) is 0 Å². The Morgan fingerprint density at radius 3 is 2.50 bits per heavy atom. The zero-order valence-corrected chi connectivity index (χ0v) is 13.0. The lowest BCUT2D eigenvalue weighted by molar-refractivity contribution is 0.0927. The van der Waals surface area contributed by atoms with Gasteiger partial charge in [0.15, 0.2) is 5.69 Å². The second kappa shape index (κ2) is 6.77. The minimum absolute atomic E-state index is 0.115. The Balaban J connectivity index is 1.74. The molecule has 1 aliphatic carbocycles. The van der Waals surface area contributed by atoms with Gasteiger partial charge < -0.3 is 9.73 Å². The summed E-state index contributed by atoms with van der Waals surface area (Å²) in [6, 6.07) is 9.93. The SMILES string of the molecule is Cc1oc(-c2ccccc2)nc1C(=O)NC1CCCCCC1. The summed E-state index contributed by atoms with van der Waals surface area (Å²) in [6.45, 7) is 1.79. The maximum absolute atomic E-state index is 12.5. The molecule has 1 N–H and O–H groups in total. The number of amides is 1. The average molecular weight is 298 g/mol. The number of carbonyl (C=O) groups excluding carboxylic acids is 1. The molecule has 2 aromatic rings. The van der Waals surface area contributed by atoms with Gasteiger partial charge in [-0.05, 0) is 31.9 Å². The fourth-order valence-electron chi connectivity index (χ4n) is 2.99. The Morgan fingerprint density at radius 2 is 1.82 bits per heavy atom. The molecule has 1 amide bonds. The number of oxazole rings is 1. The summed E-state index contributed by atoms with van der Waals surface area (Å²) < 4.78 is 5.66. The lowest BCUT2D eigenvalue weighted by atomic mass is 10.1. The van der Waals surface area contributed by atoms with E-state index in [2.05, 4.69) is 10.3 Å². The van der Waals surface area contributed by atoms with E-state index in [1.165, 1.54) is 25.7 Å². The highest BCUT2D eigenvalue weighted by molar-refractivity contribution is 5.93. The van der Waals surface area contributed by atoms with Crippen molar-refractivity contribution in [1.82, 2.24) is 10.3 Å². The Bertz CT molecular complexity index is 626. The smallest absolute Gasteiger partial charge is 0.273 e. The maximum atomic E-state index is 12.5. The van der Waals surface area contributed by atoms with Crippen LogP contribution in [0.4, 0.5) is 0 Å². The van der Waals surface area contributed by atoms with E-state index in [1.54, 1.807) is 6.92 Å². The summed E-state index contributed by atoms with van der Waals surface area (Å²) in [5.41, 5.74) is 1.29. The molecule has 4 heteroatoms. The van der Waals surface area contributed by atoms with E-state index in [1.807, 2.05) is 30.3 Å². The lowest BCUT2D eigenvalue weighted by Gasteiger charge is -2.15. The van der Waals surface area contributed by atoms with Gasteiger partial charge in [-0.1, -0.05) is 43.9 Å². The van der Waals surface area contributed by atoms with Gasteiger partial charge in [0.1, 0.15) is 5.76 Å². The van der Waals surface area contributed by atoms with Gasteiger partial charge >= 0.3 is 0 Å². The maximum Gasteiger partial charge on any atom is 0.273 e. The highest BCUT2D eigenvalue weighted by atomic mass is 16.4. The van der Waals surface area contributed by atoms with Gasteiger partial charge in [-0.3, -0.25) is 4.79 Å². The first kappa shape index (κ1) is 14.8. The number of benzene rings is 1. The molecule has 1 fully saturated rings. The number of hydrogen-bond donors (Lipinski definition) is 1. The average Bonchev–Trinajstić information content (AvgIpc) is 2.75. The zero-order chi connectivity index (χ0) is 15.4. The number of hydrogen-bond acceptors (Lipinski definition) is 3. The van der Waals surface area contributed by atoms with E-state index in [9.17, 15) is 4.79 Å². The topological polar surface area (TPSA) is 55.1 Å². The van der Waals surface area contributed by atoms with E-state index >= 15 is 0 Å². The van der Waals surface area contributed by atoms with Gasteiger partial charge in [0.05, 0.1) is 0 Å². The van der Waals surface area contributed by atoms with E-state index in [-0.39, 0.29) is 11.9 Å². The van der Waals surface area contributed by atoms with Gasteiger partial charge in [-0.25, -0.2) is 4.98 Å². The van der Waals surface area contributed by atoms with Crippen LogP contribution in [-0.2, 0) is 0 Å². The second-order valence-corrected chi connectivity index (χ2v) is 5.95. The summed E-state index contributed by atoms with van der Waals surface area (Å²) in [7, 11) is 0. The molecule has 0 atom stereocenters. The minimum Gasteiger partial charge on any atom is -0.441 e. The number of nitrogens with zero attached hydrogens (tertiary/aromatic N) is 1. The molecule has 1 aromatic carbocycles. The van der Waals surface area contributed by atoms with Crippen molar-refractivity contribution in [3.63, 3.8) is 0 Å². The van der Waals surface area contributed by atoms with Crippen LogP contribution >= 0.6 is 0 Å². The fourth-order valence-corrected chi connectivity index (χ4v) is 2.99. The van der Waals surface area contributed by atoms with Crippen LogP contribution in [0.1, 0.15) is 54.8 Å². The molecule has 1 aliphatic rings. The van der Waals surface area contributed by atoms with Crippen LogP contribution in [0, 0.1) is 6.92 Å². The number of rotatable bonds is 3. The van der Waals surface area contributed by atoms with Crippen LogP contribution in [0.25, 0.3) is 11.5 Å². The molecular weight excluding hydrogens is 276 g/mol. The number of carbonyl (C=O) groups is 1. The zero-order valence-electron chi connectivity index (χ0n) is 13.0.